The number of Topliss-reactive ketones (excluding diaryl/α,β-unsaturated/α-hetero) is 1. The molecule has 0 saturated heterocycles. The standard InChI is InChI=1S/C24H22O5/c1-2-23(25)18-8-14-22(15-9-18)29-24(26)19-10-12-21(13-11-19)28-17-16-27-20-6-4-3-5-7-20/h3-15H,2,16-17H2,1H3. The lowest BCUT2D eigenvalue weighted by molar-refractivity contribution is 0.0734. The Hall–Kier alpha value is -3.60. The molecule has 0 spiro atoms. The summed E-state index contributed by atoms with van der Waals surface area (Å²) in [5.41, 5.74) is 1.01. The van der Waals surface area contributed by atoms with Crippen molar-refractivity contribution in [1.82, 2.24) is 0 Å². The van der Waals surface area contributed by atoms with Gasteiger partial charge in [-0.2, -0.15) is 0 Å². The first-order chi connectivity index (χ1) is 14.2. The van der Waals surface area contributed by atoms with Crippen molar-refractivity contribution in [3.05, 3.63) is 90.0 Å². The molecule has 0 aliphatic carbocycles. The predicted molar refractivity (Wildman–Crippen MR) is 110 cm³/mol. The van der Waals surface area contributed by atoms with Gasteiger partial charge in [-0.3, -0.25) is 4.79 Å². The fourth-order valence-corrected chi connectivity index (χ4v) is 2.60. The summed E-state index contributed by atoms with van der Waals surface area (Å²) in [7, 11) is 0. The number of para-hydroxylation sites is 1. The van der Waals surface area contributed by atoms with Crippen molar-refractivity contribution < 1.29 is 23.8 Å². The van der Waals surface area contributed by atoms with Gasteiger partial charge in [0.2, 0.25) is 0 Å². The summed E-state index contributed by atoms with van der Waals surface area (Å²) < 4.78 is 16.5. The molecule has 3 aromatic rings. The van der Waals surface area contributed by atoms with Crippen LogP contribution in [0.15, 0.2) is 78.9 Å². The molecule has 3 rings (SSSR count). The van der Waals surface area contributed by atoms with E-state index >= 15 is 0 Å². The van der Waals surface area contributed by atoms with Crippen molar-refractivity contribution in [2.24, 2.45) is 0 Å². The topological polar surface area (TPSA) is 61.8 Å². The first-order valence-corrected chi connectivity index (χ1v) is 9.42. The summed E-state index contributed by atoms with van der Waals surface area (Å²) >= 11 is 0. The van der Waals surface area contributed by atoms with Crippen LogP contribution in [0.1, 0.15) is 34.1 Å². The number of ketones is 1. The van der Waals surface area contributed by atoms with E-state index in [2.05, 4.69) is 0 Å². The van der Waals surface area contributed by atoms with Gasteiger partial charge in [-0.05, 0) is 60.7 Å². The Kier molecular flexibility index (Phi) is 7.00. The van der Waals surface area contributed by atoms with Crippen LogP contribution in [0, 0.1) is 0 Å². The second-order valence-electron chi connectivity index (χ2n) is 6.22. The first kappa shape index (κ1) is 20.1. The van der Waals surface area contributed by atoms with Crippen LogP contribution in [0.3, 0.4) is 0 Å². The molecule has 0 saturated carbocycles. The minimum absolute atomic E-state index is 0.0487. The van der Waals surface area contributed by atoms with E-state index < -0.39 is 5.97 Å². The Morgan fingerprint density at radius 3 is 1.76 bits per heavy atom. The molecule has 0 amide bonds. The summed E-state index contributed by atoms with van der Waals surface area (Å²) in [6.45, 7) is 2.62. The average molecular weight is 390 g/mol. The van der Waals surface area contributed by atoms with Crippen LogP contribution in [0.25, 0.3) is 0 Å². The summed E-state index contributed by atoms with van der Waals surface area (Å²) in [4.78, 5) is 23.9. The lowest BCUT2D eigenvalue weighted by Gasteiger charge is -2.09. The van der Waals surface area contributed by atoms with Crippen LogP contribution in [0.2, 0.25) is 0 Å². The number of hydrogen-bond acceptors (Lipinski definition) is 5. The van der Waals surface area contributed by atoms with E-state index in [0.29, 0.717) is 42.3 Å². The van der Waals surface area contributed by atoms with Crippen molar-refractivity contribution in [2.45, 2.75) is 13.3 Å². The fraction of sp³-hybridized carbons (Fsp3) is 0.167. The van der Waals surface area contributed by atoms with Gasteiger partial charge in [0.15, 0.2) is 5.78 Å². The van der Waals surface area contributed by atoms with E-state index in [1.807, 2.05) is 30.3 Å². The van der Waals surface area contributed by atoms with Gasteiger partial charge in [0.05, 0.1) is 5.56 Å². The Balaban J connectivity index is 1.47. The van der Waals surface area contributed by atoms with E-state index in [-0.39, 0.29) is 5.78 Å². The Morgan fingerprint density at radius 1 is 0.655 bits per heavy atom. The molecule has 0 N–H and O–H groups in total. The molecule has 5 heteroatoms. The van der Waals surface area contributed by atoms with E-state index in [1.165, 1.54) is 0 Å². The van der Waals surface area contributed by atoms with Gasteiger partial charge < -0.3 is 14.2 Å². The number of rotatable bonds is 9. The van der Waals surface area contributed by atoms with Gasteiger partial charge in [-0.1, -0.05) is 25.1 Å². The maximum atomic E-state index is 12.3. The second kappa shape index (κ2) is 10.1. The molecule has 0 radical (unpaired) electrons. The summed E-state index contributed by atoms with van der Waals surface area (Å²) in [5, 5.41) is 0. The zero-order chi connectivity index (χ0) is 20.5. The monoisotopic (exact) mass is 390 g/mol. The molecule has 0 aliphatic heterocycles. The molecule has 0 aromatic heterocycles. The smallest absolute Gasteiger partial charge is 0.343 e. The highest BCUT2D eigenvalue weighted by Crippen LogP contribution is 2.17. The normalized spacial score (nSPS) is 10.2. The van der Waals surface area contributed by atoms with E-state index in [0.717, 1.165) is 5.75 Å². The zero-order valence-corrected chi connectivity index (χ0v) is 16.2. The SMILES string of the molecule is CCC(=O)c1ccc(OC(=O)c2ccc(OCCOc3ccccc3)cc2)cc1. The Bertz CT molecular complexity index is 931. The number of esters is 1. The van der Waals surface area contributed by atoms with E-state index in [9.17, 15) is 9.59 Å². The minimum atomic E-state index is -0.474. The Morgan fingerprint density at radius 2 is 1.17 bits per heavy atom. The predicted octanol–water partition coefficient (Wildman–Crippen LogP) is 4.96. The van der Waals surface area contributed by atoms with E-state index in [1.54, 1.807) is 55.5 Å². The molecule has 29 heavy (non-hydrogen) atoms. The number of hydrogen-bond donors (Lipinski definition) is 0. The third-order valence-corrected chi connectivity index (χ3v) is 4.16. The molecule has 0 fully saturated rings. The summed E-state index contributed by atoms with van der Waals surface area (Å²) in [6.07, 6.45) is 0.436. The van der Waals surface area contributed by atoms with Crippen molar-refractivity contribution in [3.63, 3.8) is 0 Å². The molecule has 0 atom stereocenters. The third kappa shape index (κ3) is 5.94. The average Bonchev–Trinajstić information content (AvgIpc) is 2.78. The minimum Gasteiger partial charge on any atom is -0.490 e. The highest BCUT2D eigenvalue weighted by molar-refractivity contribution is 5.96. The summed E-state index contributed by atoms with van der Waals surface area (Å²) in [5.74, 6) is 1.40. The maximum absolute atomic E-state index is 12.3. The number of ether oxygens (including phenoxy) is 3. The highest BCUT2D eigenvalue weighted by Gasteiger charge is 2.10. The van der Waals surface area contributed by atoms with Crippen LogP contribution in [-0.4, -0.2) is 25.0 Å². The molecular formula is C24H22O5. The van der Waals surface area contributed by atoms with Crippen LogP contribution in [0.5, 0.6) is 17.2 Å². The number of carbonyl (C=O) groups excluding carboxylic acids is 2. The first-order valence-electron chi connectivity index (χ1n) is 9.42. The van der Waals surface area contributed by atoms with Crippen LogP contribution < -0.4 is 14.2 Å². The van der Waals surface area contributed by atoms with Gasteiger partial charge >= 0.3 is 5.97 Å². The lowest BCUT2D eigenvalue weighted by Crippen LogP contribution is -2.10. The van der Waals surface area contributed by atoms with Gasteiger partial charge in [-0.15, -0.1) is 0 Å². The highest BCUT2D eigenvalue weighted by atomic mass is 16.5. The molecule has 0 bridgehead atoms. The lowest BCUT2D eigenvalue weighted by atomic mass is 10.1. The molecule has 3 aromatic carbocycles. The van der Waals surface area contributed by atoms with Crippen LogP contribution in [0.4, 0.5) is 0 Å². The van der Waals surface area contributed by atoms with E-state index in [4.69, 9.17) is 14.2 Å². The fourth-order valence-electron chi connectivity index (χ4n) is 2.60. The molecular weight excluding hydrogens is 368 g/mol. The van der Waals surface area contributed by atoms with Crippen molar-refractivity contribution in [3.8, 4) is 17.2 Å². The molecule has 0 unspecified atom stereocenters. The van der Waals surface area contributed by atoms with Gasteiger partial charge in [-0.25, -0.2) is 4.79 Å². The van der Waals surface area contributed by atoms with Crippen LogP contribution in [-0.2, 0) is 0 Å². The largest absolute Gasteiger partial charge is 0.490 e. The van der Waals surface area contributed by atoms with Gasteiger partial charge in [0, 0.05) is 12.0 Å². The van der Waals surface area contributed by atoms with Crippen molar-refractivity contribution in [1.29, 1.82) is 0 Å². The molecule has 148 valence electrons. The third-order valence-electron chi connectivity index (χ3n) is 4.16. The second-order valence-corrected chi connectivity index (χ2v) is 6.22. The zero-order valence-electron chi connectivity index (χ0n) is 16.2. The number of benzene rings is 3. The van der Waals surface area contributed by atoms with Gasteiger partial charge in [0.1, 0.15) is 30.5 Å². The van der Waals surface area contributed by atoms with Crippen molar-refractivity contribution >= 4 is 11.8 Å². The maximum Gasteiger partial charge on any atom is 0.343 e. The molecule has 0 aliphatic rings. The van der Waals surface area contributed by atoms with Gasteiger partial charge in [0.25, 0.3) is 0 Å². The quantitative estimate of drug-likeness (QED) is 0.224. The number of carbonyl (C=O) groups is 2. The Labute approximate surface area is 169 Å². The molecule has 0 heterocycles. The van der Waals surface area contributed by atoms with Crippen molar-refractivity contribution in [2.75, 3.05) is 13.2 Å². The van der Waals surface area contributed by atoms with Crippen LogP contribution >= 0.6 is 0 Å². The molecule has 5 nitrogen and oxygen atoms in total. The summed E-state index contributed by atoms with van der Waals surface area (Å²) in [6, 6.07) is 22.8.